The van der Waals surface area contributed by atoms with Crippen molar-refractivity contribution in [2.24, 2.45) is 46.3 Å². The van der Waals surface area contributed by atoms with Gasteiger partial charge in [-0.25, -0.2) is 0 Å². The summed E-state index contributed by atoms with van der Waals surface area (Å²) in [4.78, 5) is 45.7. The Kier molecular flexibility index (Phi) is 14.4. The molecular weight excluding hydrogens is 787 g/mol. The zero-order valence-electron chi connectivity index (χ0n) is 33.5. The second-order valence-electron chi connectivity index (χ2n) is 17.4. The summed E-state index contributed by atoms with van der Waals surface area (Å²) in [7, 11) is 3.09. The first-order valence-electron chi connectivity index (χ1n) is 20.5. The number of nitrogens with one attached hydrogen (secondary N) is 1. The minimum atomic E-state index is -0.777. The van der Waals surface area contributed by atoms with Crippen LogP contribution in [0.2, 0.25) is 0 Å². The van der Waals surface area contributed by atoms with Crippen LogP contribution in [-0.4, -0.2) is 74.3 Å². The number of carboxylic acid groups (broad SMARTS) is 1. The van der Waals surface area contributed by atoms with Crippen molar-refractivity contribution >= 4 is 44.8 Å². The van der Waals surface area contributed by atoms with Gasteiger partial charge in [0.1, 0.15) is 6.61 Å². The summed E-state index contributed by atoms with van der Waals surface area (Å²) in [5.41, 5.74) is -0.378. The van der Waals surface area contributed by atoms with Crippen molar-refractivity contribution in [3.05, 3.63) is 68.3 Å². The molecule has 4 saturated carbocycles. The lowest BCUT2D eigenvalue weighted by Crippen LogP contribution is -2.62. The molecule has 4 aliphatic carbocycles. The topological polar surface area (TPSA) is 212 Å². The molecule has 318 valence electrons. The molecule has 4 N–H and O–H groups in total. The zero-order valence-corrected chi connectivity index (χ0v) is 35.1. The number of carbonyl (C=O) groups is 2. The number of aliphatic hydroxyl groups is 2. The molecule has 0 aliphatic heterocycles. The van der Waals surface area contributed by atoms with Crippen LogP contribution in [-0.2, 0) is 20.9 Å². The number of rotatable bonds is 18. The van der Waals surface area contributed by atoms with Crippen molar-refractivity contribution in [2.75, 3.05) is 18.9 Å². The summed E-state index contributed by atoms with van der Waals surface area (Å²) < 4.78 is 11.9. The second-order valence-corrected chi connectivity index (χ2v) is 19.9. The fourth-order valence-corrected chi connectivity index (χ4v) is 13.2. The molecule has 0 heterocycles. The first kappa shape index (κ1) is 44.1. The maximum absolute atomic E-state index is 12.6. The number of amides is 1. The Morgan fingerprint density at radius 1 is 0.983 bits per heavy atom. The average molecular weight is 844 g/mol. The largest absolute Gasteiger partial charge is 0.482 e. The van der Waals surface area contributed by atoms with Crippen LogP contribution in [0.5, 0.6) is 5.75 Å². The van der Waals surface area contributed by atoms with E-state index in [4.69, 9.17) is 9.47 Å². The number of ether oxygens (including phenoxy) is 2. The Hall–Kier alpha value is -3.44. The Labute approximate surface area is 347 Å². The van der Waals surface area contributed by atoms with E-state index >= 15 is 0 Å². The van der Waals surface area contributed by atoms with Crippen LogP contribution in [0.1, 0.15) is 90.5 Å². The SMILES string of the molecule is CC(CCC(=O)O)[C@@H]1CC[C@H]2[C@@H]3[C@H](O)C[C@@H]4C[C@H](OCCNC(=O)CCSSc5ccc(COc6ccc([N+](=O)[O-])cc6[N+](=O)[O-])cc5)CC[C@]4(C)[C@H]3C[C@H](O)[C@]12C. The molecule has 2 aromatic rings. The summed E-state index contributed by atoms with van der Waals surface area (Å²) in [5, 5.41) is 58.1. The first-order chi connectivity index (χ1) is 27.6. The molecule has 4 fully saturated rings. The van der Waals surface area contributed by atoms with Crippen molar-refractivity contribution < 1.29 is 44.2 Å². The normalized spacial score (nSPS) is 31.9. The van der Waals surface area contributed by atoms with Gasteiger partial charge in [0.2, 0.25) is 5.91 Å². The Morgan fingerprint density at radius 2 is 1.74 bits per heavy atom. The minimum absolute atomic E-state index is 0.0157. The highest BCUT2D eigenvalue weighted by molar-refractivity contribution is 8.76. The number of fused-ring (bicyclic) bond motifs is 5. The second kappa shape index (κ2) is 18.9. The van der Waals surface area contributed by atoms with Gasteiger partial charge in [0.25, 0.3) is 5.69 Å². The van der Waals surface area contributed by atoms with Crippen LogP contribution in [0.25, 0.3) is 0 Å². The van der Waals surface area contributed by atoms with Crippen molar-refractivity contribution in [2.45, 2.75) is 115 Å². The average Bonchev–Trinajstić information content (AvgIpc) is 3.55. The van der Waals surface area contributed by atoms with Gasteiger partial charge in [0, 0.05) is 36.1 Å². The van der Waals surface area contributed by atoms with Crippen LogP contribution in [0.4, 0.5) is 11.4 Å². The Morgan fingerprint density at radius 3 is 2.45 bits per heavy atom. The molecule has 11 atom stereocenters. The Balaban J connectivity index is 0.883. The smallest absolute Gasteiger partial charge is 0.317 e. The van der Waals surface area contributed by atoms with Crippen molar-refractivity contribution in [1.29, 1.82) is 0 Å². The number of carboxylic acids is 1. The molecule has 16 heteroatoms. The third-order valence-corrected chi connectivity index (χ3v) is 16.7. The highest BCUT2D eigenvalue weighted by atomic mass is 33.1. The first-order valence-corrected chi connectivity index (χ1v) is 22.8. The third-order valence-electron chi connectivity index (χ3n) is 14.3. The van der Waals surface area contributed by atoms with E-state index in [1.165, 1.54) is 16.9 Å². The summed E-state index contributed by atoms with van der Waals surface area (Å²) in [6.45, 7) is 7.62. The molecule has 0 bridgehead atoms. The molecule has 0 radical (unpaired) electrons. The standard InChI is InChI=1S/C42H57N3O11S2/c1-25(4-13-39(49)50)31-10-11-32-40-33(23-37(47)42(31,32)3)41(2)16-14-29(20-27(41)21-35(40)46)55-18-17-43-38(48)15-19-57-58-30-8-5-26(6-9-30)24-56-36-12-7-28(44(51)52)22-34(36)45(53)54/h5-9,12,22,25,27,29,31-33,35,37,40,46-47H,4,10-11,13-21,23-24H2,1-3H3,(H,43,48)(H,49,50)/t25?,27-,29+,31-,32-,33-,35+,37-,40-,41-,42+/m0/s1. The highest BCUT2D eigenvalue weighted by Crippen LogP contribution is 2.68. The monoisotopic (exact) mass is 843 g/mol. The zero-order chi connectivity index (χ0) is 41.8. The number of nitro groups is 2. The molecule has 1 amide bonds. The van der Waals surface area contributed by atoms with Crippen molar-refractivity contribution in [3.8, 4) is 5.75 Å². The molecule has 2 aromatic carbocycles. The number of non-ortho nitro benzene ring substituents is 1. The van der Waals surface area contributed by atoms with E-state index in [-0.39, 0.29) is 76.9 Å². The molecule has 4 aliphatic rings. The maximum atomic E-state index is 12.6. The van der Waals surface area contributed by atoms with Gasteiger partial charge >= 0.3 is 11.7 Å². The molecule has 1 unspecified atom stereocenters. The van der Waals surface area contributed by atoms with Crippen LogP contribution >= 0.6 is 21.6 Å². The lowest BCUT2D eigenvalue weighted by atomic mass is 9.43. The summed E-state index contributed by atoms with van der Waals surface area (Å²) in [6.07, 6.45) is 6.41. The molecule has 0 spiro atoms. The van der Waals surface area contributed by atoms with E-state index in [2.05, 4.69) is 26.1 Å². The van der Waals surface area contributed by atoms with Gasteiger partial charge in [0.05, 0.1) is 40.8 Å². The lowest BCUT2D eigenvalue weighted by Gasteiger charge is -2.63. The van der Waals surface area contributed by atoms with Gasteiger partial charge in [-0.05, 0) is 121 Å². The minimum Gasteiger partial charge on any atom is -0.482 e. The van der Waals surface area contributed by atoms with E-state index in [1.54, 1.807) is 10.8 Å². The van der Waals surface area contributed by atoms with Gasteiger partial charge in [-0.2, -0.15) is 0 Å². The van der Waals surface area contributed by atoms with Gasteiger partial charge in [0.15, 0.2) is 5.75 Å². The number of carbonyl (C=O) groups excluding carboxylic acids is 1. The fourth-order valence-electron chi connectivity index (χ4n) is 11.3. The fraction of sp³-hybridized carbons (Fsp3) is 0.667. The van der Waals surface area contributed by atoms with Gasteiger partial charge in [-0.15, -0.1) is 0 Å². The van der Waals surface area contributed by atoms with E-state index in [1.807, 2.05) is 24.3 Å². The van der Waals surface area contributed by atoms with Crippen LogP contribution in [0, 0.1) is 66.6 Å². The number of nitro benzene ring substituents is 2. The van der Waals surface area contributed by atoms with Crippen LogP contribution in [0.3, 0.4) is 0 Å². The van der Waals surface area contributed by atoms with Crippen molar-refractivity contribution in [3.63, 3.8) is 0 Å². The van der Waals surface area contributed by atoms with Crippen LogP contribution < -0.4 is 10.1 Å². The number of aliphatic hydroxyl groups excluding tert-OH is 2. The van der Waals surface area contributed by atoms with E-state index in [0.717, 1.165) is 61.1 Å². The summed E-state index contributed by atoms with van der Waals surface area (Å²) in [5.74, 6) is 1.11. The molecule has 0 saturated heterocycles. The van der Waals surface area contributed by atoms with Gasteiger partial charge in [-0.3, -0.25) is 29.8 Å². The molecule has 14 nitrogen and oxygen atoms in total. The molecule has 0 aromatic heterocycles. The Bertz CT molecular complexity index is 1800. The van der Waals surface area contributed by atoms with E-state index < -0.39 is 33.7 Å². The third kappa shape index (κ3) is 9.61. The predicted octanol–water partition coefficient (Wildman–Crippen LogP) is 7.82. The summed E-state index contributed by atoms with van der Waals surface area (Å²) >= 11 is 0. The van der Waals surface area contributed by atoms with E-state index in [0.29, 0.717) is 44.1 Å². The van der Waals surface area contributed by atoms with Crippen LogP contribution in [0.15, 0.2) is 47.4 Å². The molecule has 58 heavy (non-hydrogen) atoms. The number of hydrogen-bond acceptors (Lipinski definition) is 12. The number of hydrogen-bond donors (Lipinski definition) is 4. The quantitative estimate of drug-likeness (QED) is 0.0489. The molecule has 6 rings (SSSR count). The summed E-state index contributed by atoms with van der Waals surface area (Å²) in [6, 6.07) is 10.7. The van der Waals surface area contributed by atoms with E-state index in [9.17, 15) is 45.1 Å². The van der Waals surface area contributed by atoms with Gasteiger partial charge < -0.3 is 30.1 Å². The highest BCUT2D eigenvalue weighted by Gasteiger charge is 2.65. The number of nitrogens with zero attached hydrogens (tertiary/aromatic N) is 2. The molecular formula is C42H57N3O11S2. The van der Waals surface area contributed by atoms with Gasteiger partial charge in [-0.1, -0.05) is 54.5 Å². The predicted molar refractivity (Wildman–Crippen MR) is 220 cm³/mol. The lowest BCUT2D eigenvalue weighted by molar-refractivity contribution is -0.394. The number of aliphatic carboxylic acids is 1. The maximum Gasteiger partial charge on any atom is 0.317 e. The van der Waals surface area contributed by atoms with Crippen molar-refractivity contribution in [1.82, 2.24) is 5.32 Å². The number of benzene rings is 2.